The van der Waals surface area contributed by atoms with E-state index in [1.807, 2.05) is 6.92 Å². The van der Waals surface area contributed by atoms with E-state index in [1.54, 1.807) is 0 Å². The standard InChI is InChI=1S/C13H21NO/c1-2-3-4-7-13(15)8-10-14-9-5-6-12(14)11-13/h12,15H,4-11H2,1H3. The van der Waals surface area contributed by atoms with Crippen LogP contribution in [0.1, 0.15) is 45.4 Å². The van der Waals surface area contributed by atoms with Gasteiger partial charge in [0.25, 0.3) is 0 Å². The van der Waals surface area contributed by atoms with Gasteiger partial charge in [0.05, 0.1) is 5.60 Å². The lowest BCUT2D eigenvalue weighted by Gasteiger charge is -2.40. The monoisotopic (exact) mass is 207 g/mol. The third-order valence-corrected chi connectivity index (χ3v) is 3.87. The molecule has 2 heteroatoms. The van der Waals surface area contributed by atoms with E-state index in [2.05, 4.69) is 16.7 Å². The fourth-order valence-corrected chi connectivity index (χ4v) is 2.96. The second-order valence-corrected chi connectivity index (χ2v) is 4.94. The minimum absolute atomic E-state index is 0.421. The molecular formula is C13H21NO. The van der Waals surface area contributed by atoms with Gasteiger partial charge in [-0.2, -0.15) is 0 Å². The van der Waals surface area contributed by atoms with E-state index < -0.39 is 5.60 Å². The summed E-state index contributed by atoms with van der Waals surface area (Å²) in [7, 11) is 0. The molecule has 0 radical (unpaired) electrons. The molecule has 0 aliphatic carbocycles. The number of hydrogen-bond acceptors (Lipinski definition) is 2. The van der Waals surface area contributed by atoms with Crippen molar-refractivity contribution < 1.29 is 5.11 Å². The van der Waals surface area contributed by atoms with Crippen molar-refractivity contribution in [3.05, 3.63) is 0 Å². The molecule has 0 saturated carbocycles. The van der Waals surface area contributed by atoms with Crippen molar-refractivity contribution in [1.29, 1.82) is 0 Å². The zero-order chi connectivity index (χ0) is 10.7. The van der Waals surface area contributed by atoms with Gasteiger partial charge in [-0.05, 0) is 45.6 Å². The van der Waals surface area contributed by atoms with Gasteiger partial charge in [-0.3, -0.25) is 0 Å². The molecule has 0 amide bonds. The molecule has 2 fully saturated rings. The molecule has 15 heavy (non-hydrogen) atoms. The lowest BCUT2D eigenvalue weighted by molar-refractivity contribution is -0.0408. The Balaban J connectivity index is 1.88. The zero-order valence-corrected chi connectivity index (χ0v) is 9.63. The molecule has 0 aromatic heterocycles. The minimum Gasteiger partial charge on any atom is -0.390 e. The molecule has 2 rings (SSSR count). The third kappa shape index (κ3) is 2.53. The number of hydrogen-bond donors (Lipinski definition) is 1. The van der Waals surface area contributed by atoms with Crippen LogP contribution in [0.25, 0.3) is 0 Å². The van der Waals surface area contributed by atoms with Crippen LogP contribution in [0.4, 0.5) is 0 Å². The van der Waals surface area contributed by atoms with Crippen molar-refractivity contribution >= 4 is 0 Å². The Bertz CT molecular complexity index is 278. The highest BCUT2D eigenvalue weighted by Crippen LogP contribution is 2.35. The molecule has 2 unspecified atom stereocenters. The Kier molecular flexibility index (Phi) is 3.33. The van der Waals surface area contributed by atoms with Gasteiger partial charge in [-0.15, -0.1) is 11.8 Å². The number of nitrogens with zero attached hydrogens (tertiary/aromatic N) is 1. The first-order chi connectivity index (χ1) is 7.23. The van der Waals surface area contributed by atoms with E-state index in [-0.39, 0.29) is 0 Å². The fraction of sp³-hybridized carbons (Fsp3) is 0.846. The average Bonchev–Trinajstić information content (AvgIpc) is 2.64. The summed E-state index contributed by atoms with van der Waals surface area (Å²) in [5.41, 5.74) is -0.421. The van der Waals surface area contributed by atoms with Gasteiger partial charge in [0, 0.05) is 19.0 Å². The highest BCUT2D eigenvalue weighted by Gasteiger charge is 2.39. The van der Waals surface area contributed by atoms with Crippen molar-refractivity contribution in [1.82, 2.24) is 4.90 Å². The highest BCUT2D eigenvalue weighted by atomic mass is 16.3. The Hall–Kier alpha value is -0.520. The first kappa shape index (κ1) is 11.0. The topological polar surface area (TPSA) is 23.5 Å². The molecule has 1 N–H and O–H groups in total. The van der Waals surface area contributed by atoms with E-state index in [9.17, 15) is 5.11 Å². The number of fused-ring (bicyclic) bond motifs is 1. The first-order valence-electron chi connectivity index (χ1n) is 6.09. The molecule has 2 heterocycles. The Labute approximate surface area is 92.7 Å². The largest absolute Gasteiger partial charge is 0.390 e. The predicted molar refractivity (Wildman–Crippen MR) is 61.5 cm³/mol. The Morgan fingerprint density at radius 3 is 3.13 bits per heavy atom. The van der Waals surface area contributed by atoms with Crippen LogP contribution in [-0.4, -0.2) is 34.7 Å². The number of rotatable bonds is 2. The van der Waals surface area contributed by atoms with Crippen LogP contribution >= 0.6 is 0 Å². The van der Waals surface area contributed by atoms with Crippen molar-refractivity contribution in [2.75, 3.05) is 13.1 Å². The molecule has 2 saturated heterocycles. The van der Waals surface area contributed by atoms with E-state index in [4.69, 9.17) is 0 Å². The van der Waals surface area contributed by atoms with Crippen LogP contribution in [0.15, 0.2) is 0 Å². The smallest absolute Gasteiger partial charge is 0.0684 e. The first-order valence-corrected chi connectivity index (χ1v) is 6.09. The predicted octanol–water partition coefficient (Wildman–Crippen LogP) is 1.78. The molecule has 0 aromatic rings. The molecule has 0 bridgehead atoms. The summed E-state index contributed by atoms with van der Waals surface area (Å²) in [5, 5.41) is 10.5. The lowest BCUT2D eigenvalue weighted by atomic mass is 9.83. The van der Waals surface area contributed by atoms with Crippen molar-refractivity contribution in [2.24, 2.45) is 0 Å². The van der Waals surface area contributed by atoms with Crippen LogP contribution in [0, 0.1) is 11.8 Å². The molecule has 2 nitrogen and oxygen atoms in total. The van der Waals surface area contributed by atoms with Gasteiger partial charge in [0.1, 0.15) is 0 Å². The normalized spacial score (nSPS) is 35.7. The third-order valence-electron chi connectivity index (χ3n) is 3.87. The maximum absolute atomic E-state index is 10.5. The average molecular weight is 207 g/mol. The van der Waals surface area contributed by atoms with Crippen LogP contribution in [0.2, 0.25) is 0 Å². The van der Waals surface area contributed by atoms with Gasteiger partial charge < -0.3 is 10.0 Å². The maximum atomic E-state index is 10.5. The quantitative estimate of drug-likeness (QED) is 0.698. The van der Waals surface area contributed by atoms with Crippen LogP contribution in [0.5, 0.6) is 0 Å². The van der Waals surface area contributed by atoms with Gasteiger partial charge in [0.2, 0.25) is 0 Å². The fourth-order valence-electron chi connectivity index (χ4n) is 2.96. The highest BCUT2D eigenvalue weighted by molar-refractivity contribution is 5.00. The Morgan fingerprint density at radius 1 is 1.47 bits per heavy atom. The van der Waals surface area contributed by atoms with Gasteiger partial charge in [0.15, 0.2) is 0 Å². The zero-order valence-electron chi connectivity index (χ0n) is 9.63. The lowest BCUT2D eigenvalue weighted by Crippen LogP contribution is -2.47. The molecule has 2 aliphatic heterocycles. The van der Waals surface area contributed by atoms with Crippen molar-refractivity contribution in [2.45, 2.75) is 57.1 Å². The van der Waals surface area contributed by atoms with E-state index >= 15 is 0 Å². The van der Waals surface area contributed by atoms with Crippen LogP contribution < -0.4 is 0 Å². The molecule has 2 aliphatic rings. The van der Waals surface area contributed by atoms with Crippen LogP contribution in [0.3, 0.4) is 0 Å². The van der Waals surface area contributed by atoms with E-state index in [0.717, 1.165) is 32.2 Å². The Morgan fingerprint density at radius 2 is 2.33 bits per heavy atom. The molecule has 2 atom stereocenters. The van der Waals surface area contributed by atoms with Crippen molar-refractivity contribution in [3.63, 3.8) is 0 Å². The molecule has 0 spiro atoms. The minimum atomic E-state index is -0.421. The summed E-state index contributed by atoms with van der Waals surface area (Å²) in [5.74, 6) is 5.96. The second kappa shape index (κ2) is 4.55. The van der Waals surface area contributed by atoms with Gasteiger partial charge in [-0.1, -0.05) is 0 Å². The number of aliphatic hydroxyl groups is 1. The molecular weight excluding hydrogens is 186 g/mol. The molecule has 0 aromatic carbocycles. The maximum Gasteiger partial charge on any atom is 0.0684 e. The van der Waals surface area contributed by atoms with E-state index in [0.29, 0.717) is 6.04 Å². The number of piperidine rings is 1. The van der Waals surface area contributed by atoms with Crippen LogP contribution in [-0.2, 0) is 0 Å². The van der Waals surface area contributed by atoms with Gasteiger partial charge in [-0.25, -0.2) is 0 Å². The summed E-state index contributed by atoms with van der Waals surface area (Å²) in [6.07, 6.45) is 6.21. The summed E-state index contributed by atoms with van der Waals surface area (Å²) in [6.45, 7) is 4.19. The summed E-state index contributed by atoms with van der Waals surface area (Å²) in [4.78, 5) is 2.54. The second-order valence-electron chi connectivity index (χ2n) is 4.94. The SMILES string of the molecule is CC#CCCC1(O)CCN2CCCC2C1. The summed E-state index contributed by atoms with van der Waals surface area (Å²) < 4.78 is 0. The van der Waals surface area contributed by atoms with Gasteiger partial charge >= 0.3 is 0 Å². The summed E-state index contributed by atoms with van der Waals surface area (Å²) in [6, 6.07) is 0.651. The van der Waals surface area contributed by atoms with E-state index in [1.165, 1.54) is 19.4 Å². The molecule has 84 valence electrons. The van der Waals surface area contributed by atoms with Crippen molar-refractivity contribution in [3.8, 4) is 11.8 Å². The summed E-state index contributed by atoms with van der Waals surface area (Å²) >= 11 is 0.